The predicted octanol–water partition coefficient (Wildman–Crippen LogP) is 6.83. The van der Waals surface area contributed by atoms with Crippen LogP contribution in [0.2, 0.25) is 0 Å². The first kappa shape index (κ1) is 31.4. The molecule has 5 rings (SSSR count). The molecule has 0 aliphatic heterocycles. The summed E-state index contributed by atoms with van der Waals surface area (Å²) >= 11 is 0. The van der Waals surface area contributed by atoms with Gasteiger partial charge in [0.25, 0.3) is 5.91 Å². The number of halogens is 2. The number of methoxy groups -OCH3 is 2. The summed E-state index contributed by atoms with van der Waals surface area (Å²) in [5, 5.41) is 12.5. The minimum Gasteiger partial charge on any atom is -0.493 e. The second-order valence-electron chi connectivity index (χ2n) is 10.6. The number of nitriles is 1. The van der Waals surface area contributed by atoms with Gasteiger partial charge in [-0.25, -0.2) is 13.8 Å². The van der Waals surface area contributed by atoms with Crippen molar-refractivity contribution in [1.82, 2.24) is 9.55 Å². The largest absolute Gasteiger partial charge is 0.493 e. The van der Waals surface area contributed by atoms with Gasteiger partial charge >= 0.3 is 0 Å². The lowest BCUT2D eigenvalue weighted by Crippen LogP contribution is -2.27. The molecule has 1 amide bonds. The number of carbonyl (C=O) groups is 1. The first-order valence-electron chi connectivity index (χ1n) is 14.1. The van der Waals surface area contributed by atoms with Gasteiger partial charge in [0.05, 0.1) is 19.8 Å². The summed E-state index contributed by atoms with van der Waals surface area (Å²) < 4.78 is 41.4. The summed E-state index contributed by atoms with van der Waals surface area (Å²) in [6.45, 7) is 3.58. The van der Waals surface area contributed by atoms with Crippen LogP contribution in [-0.4, -0.2) is 29.7 Å². The second-order valence-corrected chi connectivity index (χ2v) is 10.6. The molecule has 9 nitrogen and oxygen atoms in total. The molecule has 0 aliphatic rings. The van der Waals surface area contributed by atoms with Gasteiger partial charge in [-0.15, -0.1) is 0 Å². The molecule has 232 valence electrons. The predicted molar refractivity (Wildman–Crippen MR) is 172 cm³/mol. The van der Waals surface area contributed by atoms with E-state index in [9.17, 15) is 19.2 Å². The quantitative estimate of drug-likeness (QED) is 0.194. The Morgan fingerprint density at radius 2 is 1.63 bits per heavy atom. The highest BCUT2D eigenvalue weighted by Gasteiger charge is 2.23. The summed E-state index contributed by atoms with van der Waals surface area (Å²) in [5.74, 6) is -0.861. The van der Waals surface area contributed by atoms with Gasteiger partial charge in [0.2, 0.25) is 5.43 Å². The normalized spacial score (nSPS) is 10.8. The minimum atomic E-state index is -0.809. The summed E-state index contributed by atoms with van der Waals surface area (Å²) in [6, 6.07) is 17.9. The Bertz CT molecular complexity index is 2070. The lowest BCUT2D eigenvalue weighted by molar-refractivity contribution is 0.102. The van der Waals surface area contributed by atoms with Gasteiger partial charge in [-0.1, -0.05) is 18.2 Å². The van der Waals surface area contributed by atoms with Crippen molar-refractivity contribution in [2.45, 2.75) is 19.9 Å². The fraction of sp³-hybridized carbons (Fsp3) is 0.143. The zero-order valence-corrected chi connectivity index (χ0v) is 25.4. The van der Waals surface area contributed by atoms with E-state index >= 15 is 4.39 Å². The van der Waals surface area contributed by atoms with Crippen molar-refractivity contribution in [2.24, 2.45) is 0 Å². The molecule has 0 unspecified atom stereocenters. The summed E-state index contributed by atoms with van der Waals surface area (Å²) in [7, 11) is 3.06. The van der Waals surface area contributed by atoms with Crippen molar-refractivity contribution in [1.29, 1.82) is 5.26 Å². The number of hydrogen-bond acceptors (Lipinski definition) is 7. The summed E-state index contributed by atoms with van der Waals surface area (Å²) in [6.07, 6.45) is 2.86. The Morgan fingerprint density at radius 1 is 0.935 bits per heavy atom. The number of carbonyl (C=O) groups excluding carboxylic acids is 1. The molecule has 3 N–H and O–H groups in total. The van der Waals surface area contributed by atoms with E-state index in [2.05, 4.69) is 10.3 Å². The van der Waals surface area contributed by atoms with Gasteiger partial charge in [0.15, 0.2) is 11.5 Å². The highest BCUT2D eigenvalue weighted by molar-refractivity contribution is 6.05. The van der Waals surface area contributed by atoms with Crippen LogP contribution >= 0.6 is 0 Å². The van der Waals surface area contributed by atoms with Gasteiger partial charge in [-0.3, -0.25) is 9.59 Å². The topological polar surface area (TPSA) is 132 Å². The third-order valence-electron chi connectivity index (χ3n) is 7.43. The fourth-order valence-electron chi connectivity index (χ4n) is 5.08. The van der Waals surface area contributed by atoms with E-state index in [0.29, 0.717) is 22.6 Å². The summed E-state index contributed by atoms with van der Waals surface area (Å²) in [5.41, 5.74) is 7.37. The van der Waals surface area contributed by atoms with Crippen LogP contribution in [0.3, 0.4) is 0 Å². The van der Waals surface area contributed by atoms with E-state index in [1.54, 1.807) is 38.2 Å². The lowest BCUT2D eigenvalue weighted by Gasteiger charge is -2.18. The molecule has 0 saturated carbocycles. The van der Waals surface area contributed by atoms with Crippen molar-refractivity contribution < 1.29 is 23.0 Å². The van der Waals surface area contributed by atoms with Crippen molar-refractivity contribution in [3.8, 4) is 50.9 Å². The van der Waals surface area contributed by atoms with E-state index < -0.39 is 23.0 Å². The maximum absolute atomic E-state index is 15.6. The SMILES string of the molecule is COc1ccc(-c2cnc(N)c(-c3ccc(NC(=O)c4cn(C(C)C)c(C#N)c(-c5ccc(F)cc5)c4=O)cc3F)c2)cc1OC. The van der Waals surface area contributed by atoms with E-state index in [0.717, 1.165) is 11.6 Å². The van der Waals surface area contributed by atoms with E-state index in [4.69, 9.17) is 15.2 Å². The number of benzene rings is 3. The van der Waals surface area contributed by atoms with Gasteiger partial charge in [-0.05, 0) is 73.5 Å². The fourth-order valence-corrected chi connectivity index (χ4v) is 5.08. The summed E-state index contributed by atoms with van der Waals surface area (Å²) in [4.78, 5) is 31.3. The van der Waals surface area contributed by atoms with Crippen LogP contribution in [0.4, 0.5) is 20.3 Å². The first-order chi connectivity index (χ1) is 22.1. The number of anilines is 2. The number of amides is 1. The molecule has 5 aromatic rings. The van der Waals surface area contributed by atoms with Crippen LogP contribution in [0.5, 0.6) is 11.5 Å². The number of pyridine rings is 2. The number of aromatic nitrogens is 2. The Labute approximate surface area is 263 Å². The van der Waals surface area contributed by atoms with Crippen molar-refractivity contribution in [3.63, 3.8) is 0 Å². The highest BCUT2D eigenvalue weighted by Crippen LogP contribution is 2.36. The van der Waals surface area contributed by atoms with Crippen LogP contribution in [-0.2, 0) is 0 Å². The number of hydrogen-bond donors (Lipinski definition) is 2. The average molecular weight is 622 g/mol. The average Bonchev–Trinajstić information content (AvgIpc) is 3.05. The maximum Gasteiger partial charge on any atom is 0.261 e. The molecule has 0 fully saturated rings. The number of nitrogens with one attached hydrogen (secondary N) is 1. The number of rotatable bonds is 8. The molecule has 0 aliphatic carbocycles. The molecular weight excluding hydrogens is 592 g/mol. The third kappa shape index (κ3) is 6.01. The molecule has 0 bridgehead atoms. The Morgan fingerprint density at radius 3 is 2.26 bits per heavy atom. The second kappa shape index (κ2) is 12.9. The lowest BCUT2D eigenvalue weighted by atomic mass is 9.99. The van der Waals surface area contributed by atoms with Crippen LogP contribution in [0.1, 0.15) is 35.9 Å². The maximum atomic E-state index is 15.6. The Hall–Kier alpha value is -6.02. The monoisotopic (exact) mass is 621 g/mol. The highest BCUT2D eigenvalue weighted by atomic mass is 19.1. The molecule has 46 heavy (non-hydrogen) atoms. The molecule has 2 heterocycles. The zero-order valence-electron chi connectivity index (χ0n) is 25.4. The zero-order chi connectivity index (χ0) is 33.1. The van der Waals surface area contributed by atoms with Crippen LogP contribution < -0.4 is 26.0 Å². The van der Waals surface area contributed by atoms with Crippen molar-refractivity contribution in [2.75, 3.05) is 25.3 Å². The van der Waals surface area contributed by atoms with E-state index in [-0.39, 0.29) is 45.5 Å². The minimum absolute atomic E-state index is 0.0278. The van der Waals surface area contributed by atoms with Gasteiger partial charge in [0, 0.05) is 40.8 Å². The van der Waals surface area contributed by atoms with E-state index in [1.807, 2.05) is 12.1 Å². The van der Waals surface area contributed by atoms with Crippen LogP contribution in [0, 0.1) is 23.0 Å². The van der Waals surface area contributed by atoms with Gasteiger partial charge in [-0.2, -0.15) is 5.26 Å². The smallest absolute Gasteiger partial charge is 0.261 e. The molecule has 11 heteroatoms. The number of ether oxygens (including phenoxy) is 2. The van der Waals surface area contributed by atoms with Crippen LogP contribution in [0.25, 0.3) is 33.4 Å². The number of nitrogen functional groups attached to an aromatic ring is 1. The molecule has 3 aromatic carbocycles. The molecule has 0 saturated heterocycles. The molecule has 0 atom stereocenters. The Kier molecular flexibility index (Phi) is 8.82. The third-order valence-corrected chi connectivity index (χ3v) is 7.43. The van der Waals surface area contributed by atoms with Gasteiger partial charge in [0.1, 0.15) is 34.8 Å². The standard InChI is InChI=1S/C35H29F2N5O4/c1-19(2)42-18-27(33(43)32(29(42)16-38)20-5-8-23(36)9-6-20)35(44)41-24-10-11-25(28(37)15-24)26-13-22(17-40-34(26)39)21-7-12-30(45-3)31(14-21)46-4/h5-15,17-19H,1-4H3,(H2,39,40)(H,41,44). The van der Waals surface area contributed by atoms with Gasteiger partial charge < -0.3 is 25.1 Å². The van der Waals surface area contributed by atoms with Crippen LogP contribution in [0.15, 0.2) is 83.9 Å². The van der Waals surface area contributed by atoms with Crippen molar-refractivity contribution >= 4 is 17.4 Å². The Balaban J connectivity index is 1.49. The first-order valence-corrected chi connectivity index (χ1v) is 14.1. The number of nitrogens with two attached hydrogens (primary N) is 1. The molecule has 0 spiro atoms. The molecular formula is C35H29F2N5O4. The van der Waals surface area contributed by atoms with Crippen molar-refractivity contribution in [3.05, 3.63) is 112 Å². The number of nitrogens with zero attached hydrogens (tertiary/aromatic N) is 3. The molecule has 2 aromatic heterocycles. The molecule has 0 radical (unpaired) electrons. The van der Waals surface area contributed by atoms with E-state index in [1.165, 1.54) is 61.4 Å².